The highest BCUT2D eigenvalue weighted by Gasteiger charge is 2.17. The minimum Gasteiger partial charge on any atom is -0.457 e. The number of ketones is 1. The zero-order chi connectivity index (χ0) is 16.2. The van der Waals surface area contributed by atoms with Crippen LogP contribution in [0.4, 0.5) is 0 Å². The van der Waals surface area contributed by atoms with E-state index in [1.54, 1.807) is 0 Å². The van der Waals surface area contributed by atoms with Crippen LogP contribution in [0.25, 0.3) is 0 Å². The van der Waals surface area contributed by atoms with Crippen LogP contribution in [0.1, 0.15) is 56.5 Å². The first-order valence-electron chi connectivity index (χ1n) is 7.88. The van der Waals surface area contributed by atoms with Gasteiger partial charge in [-0.15, -0.1) is 0 Å². The van der Waals surface area contributed by atoms with Gasteiger partial charge in [0.1, 0.15) is 11.5 Å². The molecule has 0 N–H and O–H groups in total. The third-order valence-corrected chi connectivity index (χ3v) is 4.25. The number of ether oxygens (including phenoxy) is 1. The molecular formula is C20H24O2. The molecule has 0 radical (unpaired) electrons. The Morgan fingerprint density at radius 2 is 1.41 bits per heavy atom. The Morgan fingerprint density at radius 1 is 0.909 bits per heavy atom. The van der Waals surface area contributed by atoms with Crippen LogP contribution >= 0.6 is 0 Å². The van der Waals surface area contributed by atoms with Crippen molar-refractivity contribution < 1.29 is 9.53 Å². The largest absolute Gasteiger partial charge is 0.457 e. The van der Waals surface area contributed by atoms with E-state index >= 15 is 0 Å². The Kier molecular flexibility index (Phi) is 5.02. The highest BCUT2D eigenvalue weighted by Crippen LogP contribution is 2.29. The summed E-state index contributed by atoms with van der Waals surface area (Å²) >= 11 is 0. The summed E-state index contributed by atoms with van der Waals surface area (Å²) in [6.07, 6.45) is 1.62. The lowest BCUT2D eigenvalue weighted by molar-refractivity contribution is 0.0988. The Morgan fingerprint density at radius 3 is 1.86 bits per heavy atom. The van der Waals surface area contributed by atoms with Crippen LogP contribution in [-0.4, -0.2) is 5.78 Å². The second-order valence-corrected chi connectivity index (χ2v) is 6.16. The number of Topliss-reactive ketones (excluding diaryl/α,β-unsaturated/α-hetero) is 1. The summed E-state index contributed by atoms with van der Waals surface area (Å²) in [6, 6.07) is 15.5. The van der Waals surface area contributed by atoms with Crippen molar-refractivity contribution in [2.45, 2.75) is 46.0 Å². The van der Waals surface area contributed by atoms with Gasteiger partial charge in [0.05, 0.1) is 0 Å². The van der Waals surface area contributed by atoms with E-state index < -0.39 is 0 Å². The Labute approximate surface area is 133 Å². The summed E-state index contributed by atoms with van der Waals surface area (Å²) in [5.74, 6) is 1.71. The van der Waals surface area contributed by atoms with E-state index in [1.165, 1.54) is 5.56 Å². The van der Waals surface area contributed by atoms with Gasteiger partial charge in [-0.1, -0.05) is 39.8 Å². The van der Waals surface area contributed by atoms with E-state index in [2.05, 4.69) is 32.9 Å². The normalized spacial score (nSPS) is 11.3. The summed E-state index contributed by atoms with van der Waals surface area (Å²) in [5.41, 5.74) is 2.22. The smallest absolute Gasteiger partial charge is 0.162 e. The molecule has 0 spiro atoms. The number of rotatable bonds is 6. The SMILES string of the molecule is CCC(=O)c1ccc(Oc2ccc(C(C)(C)CC)cc2)cc1. The maximum Gasteiger partial charge on any atom is 0.162 e. The molecule has 0 atom stereocenters. The maximum atomic E-state index is 11.6. The fourth-order valence-electron chi connectivity index (χ4n) is 2.23. The lowest BCUT2D eigenvalue weighted by atomic mass is 9.82. The van der Waals surface area contributed by atoms with Crippen molar-refractivity contribution in [1.29, 1.82) is 0 Å². The molecule has 2 aromatic rings. The van der Waals surface area contributed by atoms with E-state index in [1.807, 2.05) is 43.3 Å². The zero-order valence-electron chi connectivity index (χ0n) is 13.8. The Balaban J connectivity index is 2.09. The summed E-state index contributed by atoms with van der Waals surface area (Å²) in [5, 5.41) is 0. The summed E-state index contributed by atoms with van der Waals surface area (Å²) < 4.78 is 5.84. The molecule has 0 saturated heterocycles. The lowest BCUT2D eigenvalue weighted by Crippen LogP contribution is -2.14. The maximum absolute atomic E-state index is 11.6. The van der Waals surface area contributed by atoms with Gasteiger partial charge in [0.15, 0.2) is 5.78 Å². The van der Waals surface area contributed by atoms with Crippen LogP contribution in [-0.2, 0) is 5.41 Å². The first-order chi connectivity index (χ1) is 10.5. The van der Waals surface area contributed by atoms with Gasteiger partial charge in [0.2, 0.25) is 0 Å². The third kappa shape index (κ3) is 3.76. The molecule has 0 aliphatic heterocycles. The molecule has 0 amide bonds. The molecule has 0 unspecified atom stereocenters. The van der Waals surface area contributed by atoms with Crippen LogP contribution in [0.2, 0.25) is 0 Å². The number of carbonyl (C=O) groups is 1. The van der Waals surface area contributed by atoms with E-state index in [9.17, 15) is 4.79 Å². The van der Waals surface area contributed by atoms with Gasteiger partial charge in [-0.25, -0.2) is 0 Å². The summed E-state index contributed by atoms with van der Waals surface area (Å²) in [4.78, 5) is 11.6. The van der Waals surface area contributed by atoms with Crippen LogP contribution in [0.15, 0.2) is 48.5 Å². The number of hydrogen-bond donors (Lipinski definition) is 0. The average Bonchev–Trinajstić information content (AvgIpc) is 2.55. The number of benzene rings is 2. The van der Waals surface area contributed by atoms with Crippen molar-refractivity contribution in [2.75, 3.05) is 0 Å². The van der Waals surface area contributed by atoms with Gasteiger partial charge < -0.3 is 4.74 Å². The van der Waals surface area contributed by atoms with Crippen LogP contribution in [0, 0.1) is 0 Å². The predicted octanol–water partition coefficient (Wildman–Crippen LogP) is 5.76. The monoisotopic (exact) mass is 296 g/mol. The predicted molar refractivity (Wildman–Crippen MR) is 90.9 cm³/mol. The van der Waals surface area contributed by atoms with Crippen LogP contribution in [0.3, 0.4) is 0 Å². The molecule has 0 aromatic heterocycles. The first-order valence-corrected chi connectivity index (χ1v) is 7.88. The first kappa shape index (κ1) is 16.3. The van der Waals surface area contributed by atoms with Crippen molar-refractivity contribution in [2.24, 2.45) is 0 Å². The number of carbonyl (C=O) groups excluding carboxylic acids is 1. The van der Waals surface area contributed by atoms with Gasteiger partial charge in [-0.3, -0.25) is 4.79 Å². The van der Waals surface area contributed by atoms with E-state index in [-0.39, 0.29) is 11.2 Å². The second kappa shape index (κ2) is 6.78. The summed E-state index contributed by atoms with van der Waals surface area (Å²) in [7, 11) is 0. The van der Waals surface area contributed by atoms with Gasteiger partial charge in [0, 0.05) is 12.0 Å². The van der Waals surface area contributed by atoms with Gasteiger partial charge in [0.25, 0.3) is 0 Å². The number of hydrogen-bond acceptors (Lipinski definition) is 2. The molecule has 0 heterocycles. The molecule has 0 aliphatic carbocycles. The van der Waals surface area contributed by atoms with E-state index in [4.69, 9.17) is 4.74 Å². The Hall–Kier alpha value is -2.09. The van der Waals surface area contributed by atoms with Gasteiger partial charge >= 0.3 is 0 Å². The fraction of sp³-hybridized carbons (Fsp3) is 0.350. The molecule has 2 nitrogen and oxygen atoms in total. The minimum absolute atomic E-state index is 0.151. The van der Waals surface area contributed by atoms with Crippen molar-refractivity contribution in [3.05, 3.63) is 59.7 Å². The van der Waals surface area contributed by atoms with Crippen LogP contribution < -0.4 is 4.74 Å². The molecule has 116 valence electrons. The molecule has 0 saturated carbocycles. The van der Waals surface area contributed by atoms with E-state index in [0.717, 1.165) is 23.5 Å². The molecule has 22 heavy (non-hydrogen) atoms. The van der Waals surface area contributed by atoms with Crippen molar-refractivity contribution in [3.63, 3.8) is 0 Å². The Bertz CT molecular complexity index is 622. The average molecular weight is 296 g/mol. The minimum atomic E-state index is 0.151. The van der Waals surface area contributed by atoms with Crippen molar-refractivity contribution >= 4 is 5.78 Å². The highest BCUT2D eigenvalue weighted by molar-refractivity contribution is 5.95. The molecule has 2 heteroatoms. The third-order valence-electron chi connectivity index (χ3n) is 4.25. The molecular weight excluding hydrogens is 272 g/mol. The van der Waals surface area contributed by atoms with Crippen molar-refractivity contribution in [3.8, 4) is 11.5 Å². The molecule has 0 aliphatic rings. The standard InChI is InChI=1S/C20H24O2/c1-5-19(21)15-7-11-17(12-8-15)22-18-13-9-16(10-14-18)20(3,4)6-2/h7-14H,5-6H2,1-4H3. The zero-order valence-corrected chi connectivity index (χ0v) is 13.8. The van der Waals surface area contributed by atoms with Crippen LogP contribution in [0.5, 0.6) is 11.5 Å². The molecule has 2 aromatic carbocycles. The molecule has 0 bridgehead atoms. The lowest BCUT2D eigenvalue weighted by Gasteiger charge is -2.23. The van der Waals surface area contributed by atoms with Gasteiger partial charge in [-0.05, 0) is 53.8 Å². The fourth-order valence-corrected chi connectivity index (χ4v) is 2.23. The summed E-state index contributed by atoms with van der Waals surface area (Å²) in [6.45, 7) is 8.55. The topological polar surface area (TPSA) is 26.3 Å². The van der Waals surface area contributed by atoms with E-state index in [0.29, 0.717) is 6.42 Å². The second-order valence-electron chi connectivity index (χ2n) is 6.16. The van der Waals surface area contributed by atoms with Crippen molar-refractivity contribution in [1.82, 2.24) is 0 Å². The molecule has 0 fully saturated rings. The molecule has 2 rings (SSSR count). The quantitative estimate of drug-likeness (QED) is 0.633. The highest BCUT2D eigenvalue weighted by atomic mass is 16.5. The van der Waals surface area contributed by atoms with Gasteiger partial charge in [-0.2, -0.15) is 0 Å².